The van der Waals surface area contributed by atoms with E-state index in [2.05, 4.69) is 5.32 Å². The molecular formula is C21H21ClN2O5S. The SMILES string of the molecule is O=C(NC[C@H]1CN(c2ccc(CC3CCOCC3=O)cc2)C(=O)O1)c1ccc(Cl)s1. The molecule has 1 aromatic heterocycles. The number of cyclic esters (lactones) is 1. The molecule has 2 aliphatic rings. The fourth-order valence-electron chi connectivity index (χ4n) is 3.56. The second kappa shape index (κ2) is 9.16. The number of hydrogen-bond donors (Lipinski definition) is 1. The number of halogens is 1. The number of rotatable bonds is 6. The number of carbonyl (C=O) groups excluding carboxylic acids is 3. The van der Waals surface area contributed by atoms with Crippen molar-refractivity contribution in [2.24, 2.45) is 5.92 Å². The Morgan fingerprint density at radius 1 is 1.20 bits per heavy atom. The van der Waals surface area contributed by atoms with Crippen molar-refractivity contribution >= 4 is 46.4 Å². The normalized spacial score (nSPS) is 21.6. The monoisotopic (exact) mass is 448 g/mol. The standard InChI is InChI=1S/C21H21ClN2O5S/c22-19-6-5-18(30-19)20(26)23-10-16-11-24(21(27)29-16)15-3-1-13(2-4-15)9-14-7-8-28-12-17(14)25/h1-6,14,16H,7-12H2,(H,23,26)/t14?,16-/m0/s1. The molecule has 0 saturated carbocycles. The van der Waals surface area contributed by atoms with E-state index in [1.54, 1.807) is 17.0 Å². The third-order valence-corrected chi connectivity index (χ3v) is 6.43. The van der Waals surface area contributed by atoms with Crippen LogP contribution in [0.25, 0.3) is 0 Å². The van der Waals surface area contributed by atoms with Crippen LogP contribution in [0.15, 0.2) is 36.4 Å². The van der Waals surface area contributed by atoms with Crippen LogP contribution < -0.4 is 10.2 Å². The summed E-state index contributed by atoms with van der Waals surface area (Å²) in [6.07, 6.45) is 0.538. The van der Waals surface area contributed by atoms with E-state index in [-0.39, 0.29) is 30.8 Å². The van der Waals surface area contributed by atoms with Gasteiger partial charge in [0.25, 0.3) is 5.91 Å². The molecule has 7 nitrogen and oxygen atoms in total. The maximum absolute atomic E-state index is 12.3. The molecule has 2 saturated heterocycles. The zero-order valence-electron chi connectivity index (χ0n) is 16.1. The minimum absolute atomic E-state index is 0.00688. The van der Waals surface area contributed by atoms with Gasteiger partial charge in [0.15, 0.2) is 5.78 Å². The van der Waals surface area contributed by atoms with Gasteiger partial charge in [0.1, 0.15) is 12.7 Å². The van der Waals surface area contributed by atoms with Gasteiger partial charge < -0.3 is 14.8 Å². The van der Waals surface area contributed by atoms with Gasteiger partial charge in [-0.2, -0.15) is 0 Å². The zero-order chi connectivity index (χ0) is 21.1. The molecule has 0 aliphatic carbocycles. The first-order chi connectivity index (χ1) is 14.5. The number of anilines is 1. The number of carbonyl (C=O) groups is 3. The van der Waals surface area contributed by atoms with Crippen LogP contribution in [0.5, 0.6) is 0 Å². The van der Waals surface area contributed by atoms with Crippen molar-refractivity contribution in [3.8, 4) is 0 Å². The molecule has 2 atom stereocenters. The van der Waals surface area contributed by atoms with E-state index in [1.165, 1.54) is 11.3 Å². The Bertz CT molecular complexity index is 945. The fourth-order valence-corrected chi connectivity index (χ4v) is 4.52. The molecule has 2 fully saturated rings. The Morgan fingerprint density at radius 2 is 2.00 bits per heavy atom. The first-order valence-corrected chi connectivity index (χ1v) is 10.9. The summed E-state index contributed by atoms with van der Waals surface area (Å²) in [6, 6.07) is 10.9. The quantitative estimate of drug-likeness (QED) is 0.732. The lowest BCUT2D eigenvalue weighted by Crippen LogP contribution is -2.34. The molecule has 9 heteroatoms. The van der Waals surface area contributed by atoms with Crippen molar-refractivity contribution in [2.75, 3.05) is 31.2 Å². The van der Waals surface area contributed by atoms with E-state index in [0.717, 1.165) is 17.7 Å². The minimum Gasteiger partial charge on any atom is -0.442 e. The molecule has 1 unspecified atom stereocenters. The predicted molar refractivity (Wildman–Crippen MR) is 113 cm³/mol. The molecule has 30 heavy (non-hydrogen) atoms. The largest absolute Gasteiger partial charge is 0.442 e. The van der Waals surface area contributed by atoms with Crippen LogP contribution in [0.2, 0.25) is 4.34 Å². The van der Waals surface area contributed by atoms with Gasteiger partial charge in [-0.3, -0.25) is 14.5 Å². The second-order valence-corrected chi connectivity index (χ2v) is 9.02. The molecule has 1 aromatic carbocycles. The number of ketones is 1. The maximum atomic E-state index is 12.3. The number of benzene rings is 1. The Morgan fingerprint density at radius 3 is 2.70 bits per heavy atom. The predicted octanol–water partition coefficient (Wildman–Crippen LogP) is 3.30. The average molecular weight is 449 g/mol. The second-order valence-electron chi connectivity index (χ2n) is 7.31. The third-order valence-electron chi connectivity index (χ3n) is 5.20. The van der Waals surface area contributed by atoms with Crippen molar-refractivity contribution < 1.29 is 23.9 Å². The Kier molecular flexibility index (Phi) is 6.36. The van der Waals surface area contributed by atoms with Gasteiger partial charge in [-0.1, -0.05) is 23.7 Å². The van der Waals surface area contributed by atoms with Gasteiger partial charge >= 0.3 is 6.09 Å². The maximum Gasteiger partial charge on any atom is 0.414 e. The topological polar surface area (TPSA) is 84.9 Å². The molecular weight excluding hydrogens is 428 g/mol. The minimum atomic E-state index is -0.444. The third kappa shape index (κ3) is 4.83. The van der Waals surface area contributed by atoms with Gasteiger partial charge in [0.2, 0.25) is 0 Å². The van der Waals surface area contributed by atoms with Crippen LogP contribution in [0.1, 0.15) is 21.7 Å². The molecule has 0 spiro atoms. The van der Waals surface area contributed by atoms with E-state index in [9.17, 15) is 14.4 Å². The first-order valence-electron chi connectivity index (χ1n) is 9.70. The lowest BCUT2D eigenvalue weighted by molar-refractivity contribution is -0.132. The number of nitrogens with one attached hydrogen (secondary N) is 1. The average Bonchev–Trinajstić information content (AvgIpc) is 3.34. The van der Waals surface area contributed by atoms with Crippen LogP contribution >= 0.6 is 22.9 Å². The van der Waals surface area contributed by atoms with E-state index in [1.807, 2.05) is 24.3 Å². The number of nitrogens with zero attached hydrogens (tertiary/aromatic N) is 1. The molecule has 2 amide bonds. The van der Waals surface area contributed by atoms with Crippen LogP contribution in [0, 0.1) is 5.92 Å². The van der Waals surface area contributed by atoms with Crippen LogP contribution in [0.3, 0.4) is 0 Å². The van der Waals surface area contributed by atoms with Crippen molar-refractivity contribution in [1.29, 1.82) is 0 Å². The number of amides is 2. The van der Waals surface area contributed by atoms with Gasteiger partial charge in [-0.25, -0.2) is 4.79 Å². The molecule has 0 bridgehead atoms. The summed E-state index contributed by atoms with van der Waals surface area (Å²) in [6.45, 7) is 1.38. The van der Waals surface area contributed by atoms with Crippen molar-refractivity contribution in [1.82, 2.24) is 5.32 Å². The molecule has 3 heterocycles. The highest BCUT2D eigenvalue weighted by Crippen LogP contribution is 2.25. The molecule has 2 aromatic rings. The van der Waals surface area contributed by atoms with Gasteiger partial charge in [-0.15, -0.1) is 11.3 Å². The van der Waals surface area contributed by atoms with Crippen LogP contribution in [-0.4, -0.2) is 50.2 Å². The molecule has 1 N–H and O–H groups in total. The van der Waals surface area contributed by atoms with E-state index in [0.29, 0.717) is 28.8 Å². The Labute approximate surface area is 182 Å². The first kappa shape index (κ1) is 20.8. The molecule has 4 rings (SSSR count). The summed E-state index contributed by atoms with van der Waals surface area (Å²) >= 11 is 7.05. The highest BCUT2D eigenvalue weighted by Gasteiger charge is 2.32. The Hall–Kier alpha value is -2.42. The number of hydrogen-bond acceptors (Lipinski definition) is 6. The lowest BCUT2D eigenvalue weighted by atomic mass is 9.91. The summed E-state index contributed by atoms with van der Waals surface area (Å²) < 4.78 is 11.1. The number of ether oxygens (including phenoxy) is 2. The van der Waals surface area contributed by atoms with Crippen LogP contribution in [-0.2, 0) is 20.7 Å². The van der Waals surface area contributed by atoms with Crippen molar-refractivity contribution in [3.63, 3.8) is 0 Å². The summed E-state index contributed by atoms with van der Waals surface area (Å²) in [4.78, 5) is 38.4. The smallest absolute Gasteiger partial charge is 0.414 e. The van der Waals surface area contributed by atoms with Crippen LogP contribution in [0.4, 0.5) is 10.5 Å². The fraction of sp³-hybridized carbons (Fsp3) is 0.381. The van der Waals surface area contributed by atoms with E-state index in [4.69, 9.17) is 21.1 Å². The summed E-state index contributed by atoms with van der Waals surface area (Å²) in [5.74, 6) is -0.107. The van der Waals surface area contributed by atoms with E-state index < -0.39 is 12.2 Å². The van der Waals surface area contributed by atoms with Gasteiger partial charge in [-0.05, 0) is 42.7 Å². The lowest BCUT2D eigenvalue weighted by Gasteiger charge is -2.21. The number of thiophene rings is 1. The zero-order valence-corrected chi connectivity index (χ0v) is 17.7. The van der Waals surface area contributed by atoms with Crippen molar-refractivity contribution in [2.45, 2.75) is 18.9 Å². The van der Waals surface area contributed by atoms with Gasteiger partial charge in [0, 0.05) is 18.2 Å². The molecule has 2 aliphatic heterocycles. The van der Waals surface area contributed by atoms with Gasteiger partial charge in [0.05, 0.1) is 22.3 Å². The summed E-state index contributed by atoms with van der Waals surface area (Å²) in [5, 5.41) is 2.77. The molecule has 0 radical (unpaired) electrons. The highest BCUT2D eigenvalue weighted by atomic mass is 35.5. The summed E-state index contributed by atoms with van der Waals surface area (Å²) in [5.41, 5.74) is 1.77. The number of Topliss-reactive ketones (excluding diaryl/α,β-unsaturated/α-hetero) is 1. The highest BCUT2D eigenvalue weighted by molar-refractivity contribution is 7.18. The van der Waals surface area contributed by atoms with E-state index >= 15 is 0 Å². The molecule has 158 valence electrons. The Balaban J connectivity index is 1.31. The summed E-state index contributed by atoms with van der Waals surface area (Å²) in [7, 11) is 0. The van der Waals surface area contributed by atoms with Crippen molar-refractivity contribution in [3.05, 3.63) is 51.2 Å².